The summed E-state index contributed by atoms with van der Waals surface area (Å²) in [5.41, 5.74) is 8.90. The maximum atomic E-state index is 11.7. The minimum absolute atomic E-state index is 0.259. The molecule has 0 aromatic heterocycles. The lowest BCUT2D eigenvalue weighted by Gasteiger charge is -2.18. The fourth-order valence-corrected chi connectivity index (χ4v) is 2.20. The maximum absolute atomic E-state index is 11.7. The molecule has 1 aliphatic heterocycles. The van der Waals surface area contributed by atoms with Gasteiger partial charge in [-0.15, -0.1) is 0 Å². The number of hydrogen-bond donors (Lipinski definition) is 1. The highest BCUT2D eigenvalue weighted by molar-refractivity contribution is 5.78. The largest absolute Gasteiger partial charge is 0.399 e. The number of likely N-dealkylation sites (tertiary alicyclic amines) is 1. The molecule has 1 fully saturated rings. The van der Waals surface area contributed by atoms with Gasteiger partial charge in [-0.2, -0.15) is 0 Å². The van der Waals surface area contributed by atoms with E-state index in [1.807, 2.05) is 30.0 Å². The number of nitrogens with zero attached hydrogens (tertiary/aromatic N) is 1. The van der Waals surface area contributed by atoms with E-state index >= 15 is 0 Å². The second-order valence-corrected chi connectivity index (χ2v) is 4.71. The summed E-state index contributed by atoms with van der Waals surface area (Å²) >= 11 is 0. The molecule has 3 nitrogen and oxygen atoms in total. The van der Waals surface area contributed by atoms with Crippen LogP contribution in [0.2, 0.25) is 0 Å². The van der Waals surface area contributed by atoms with Gasteiger partial charge in [-0.3, -0.25) is 4.79 Å². The maximum Gasteiger partial charge on any atom is 0.223 e. The van der Waals surface area contributed by atoms with Crippen molar-refractivity contribution in [3.63, 3.8) is 0 Å². The standard InChI is InChI=1S/C13H18N2O/c1-9-6-13(16)15(7-9)8-11-4-3-5-12(14)10(11)2/h3-5,9H,6-8,14H2,1-2H3. The fourth-order valence-electron chi connectivity index (χ4n) is 2.20. The highest BCUT2D eigenvalue weighted by atomic mass is 16.2. The van der Waals surface area contributed by atoms with E-state index < -0.39 is 0 Å². The van der Waals surface area contributed by atoms with Crippen molar-refractivity contribution in [3.05, 3.63) is 29.3 Å². The molecule has 1 aliphatic rings. The molecule has 2 N–H and O–H groups in total. The smallest absolute Gasteiger partial charge is 0.223 e. The van der Waals surface area contributed by atoms with Crippen molar-refractivity contribution in [1.29, 1.82) is 0 Å². The van der Waals surface area contributed by atoms with Gasteiger partial charge in [0.1, 0.15) is 0 Å². The molecule has 0 aliphatic carbocycles. The van der Waals surface area contributed by atoms with Gasteiger partial charge in [-0.1, -0.05) is 19.1 Å². The molecule has 1 amide bonds. The van der Waals surface area contributed by atoms with Crippen LogP contribution in [-0.2, 0) is 11.3 Å². The number of rotatable bonds is 2. The van der Waals surface area contributed by atoms with E-state index in [0.717, 1.165) is 23.4 Å². The van der Waals surface area contributed by atoms with Crippen LogP contribution in [-0.4, -0.2) is 17.4 Å². The number of hydrogen-bond acceptors (Lipinski definition) is 2. The van der Waals surface area contributed by atoms with Crippen LogP contribution < -0.4 is 5.73 Å². The first-order valence-corrected chi connectivity index (χ1v) is 5.69. The zero-order valence-corrected chi connectivity index (χ0v) is 9.86. The molecule has 0 bridgehead atoms. The Morgan fingerprint density at radius 1 is 1.50 bits per heavy atom. The Labute approximate surface area is 96.2 Å². The highest BCUT2D eigenvalue weighted by Gasteiger charge is 2.26. The quantitative estimate of drug-likeness (QED) is 0.771. The number of benzene rings is 1. The molecule has 1 heterocycles. The number of carbonyl (C=O) groups excluding carboxylic acids is 1. The van der Waals surface area contributed by atoms with Gasteiger partial charge in [0, 0.05) is 25.2 Å². The summed E-state index contributed by atoms with van der Waals surface area (Å²) in [6.45, 7) is 5.69. The van der Waals surface area contributed by atoms with E-state index in [1.54, 1.807) is 0 Å². The molecular formula is C13H18N2O. The van der Waals surface area contributed by atoms with Gasteiger partial charge >= 0.3 is 0 Å². The minimum Gasteiger partial charge on any atom is -0.399 e. The zero-order chi connectivity index (χ0) is 11.7. The lowest BCUT2D eigenvalue weighted by molar-refractivity contribution is -0.128. The Hall–Kier alpha value is -1.51. The Bertz CT molecular complexity index is 414. The van der Waals surface area contributed by atoms with Crippen LogP contribution in [0.5, 0.6) is 0 Å². The van der Waals surface area contributed by atoms with Gasteiger partial charge in [0.2, 0.25) is 5.91 Å². The van der Waals surface area contributed by atoms with Crippen molar-refractivity contribution < 1.29 is 4.79 Å². The second-order valence-electron chi connectivity index (χ2n) is 4.71. The number of nitrogens with two attached hydrogens (primary N) is 1. The van der Waals surface area contributed by atoms with Crippen LogP contribution in [0.4, 0.5) is 5.69 Å². The molecule has 1 aromatic rings. The fraction of sp³-hybridized carbons (Fsp3) is 0.462. The predicted octanol–water partition coefficient (Wildman–Crippen LogP) is 1.95. The molecule has 2 rings (SSSR count). The van der Waals surface area contributed by atoms with Crippen molar-refractivity contribution >= 4 is 11.6 Å². The van der Waals surface area contributed by atoms with Crippen molar-refractivity contribution in [1.82, 2.24) is 4.90 Å². The van der Waals surface area contributed by atoms with Gasteiger partial charge < -0.3 is 10.6 Å². The highest BCUT2D eigenvalue weighted by Crippen LogP contribution is 2.22. The third-order valence-electron chi connectivity index (χ3n) is 3.26. The lowest BCUT2D eigenvalue weighted by Crippen LogP contribution is -2.24. The van der Waals surface area contributed by atoms with E-state index in [-0.39, 0.29) is 5.91 Å². The Morgan fingerprint density at radius 3 is 2.88 bits per heavy atom. The monoisotopic (exact) mass is 218 g/mol. The van der Waals surface area contributed by atoms with Crippen LogP contribution in [0.3, 0.4) is 0 Å². The van der Waals surface area contributed by atoms with E-state index in [2.05, 4.69) is 6.92 Å². The Balaban J connectivity index is 2.15. The second kappa shape index (κ2) is 4.16. The topological polar surface area (TPSA) is 46.3 Å². The predicted molar refractivity (Wildman–Crippen MR) is 64.8 cm³/mol. The zero-order valence-electron chi connectivity index (χ0n) is 9.86. The average Bonchev–Trinajstić information content (AvgIpc) is 2.53. The third kappa shape index (κ3) is 2.03. The van der Waals surface area contributed by atoms with E-state index in [0.29, 0.717) is 18.9 Å². The van der Waals surface area contributed by atoms with Gasteiger partial charge in [-0.05, 0) is 30.0 Å². The summed E-state index contributed by atoms with van der Waals surface area (Å²) in [5, 5.41) is 0. The number of carbonyl (C=O) groups is 1. The SMILES string of the molecule is Cc1c(N)cccc1CN1CC(C)CC1=O. The van der Waals surface area contributed by atoms with Crippen molar-refractivity contribution in [2.24, 2.45) is 5.92 Å². The van der Waals surface area contributed by atoms with Gasteiger partial charge in [-0.25, -0.2) is 0 Å². The number of amides is 1. The summed E-state index contributed by atoms with van der Waals surface area (Å²) < 4.78 is 0. The Morgan fingerprint density at radius 2 is 2.25 bits per heavy atom. The van der Waals surface area contributed by atoms with Gasteiger partial charge in [0.25, 0.3) is 0 Å². The molecule has 0 saturated carbocycles. The molecule has 16 heavy (non-hydrogen) atoms. The van der Waals surface area contributed by atoms with Crippen LogP contribution in [0.15, 0.2) is 18.2 Å². The first kappa shape index (κ1) is 11.0. The molecule has 0 radical (unpaired) electrons. The number of anilines is 1. The lowest BCUT2D eigenvalue weighted by atomic mass is 10.1. The third-order valence-corrected chi connectivity index (χ3v) is 3.26. The molecule has 3 heteroatoms. The van der Waals surface area contributed by atoms with Crippen LogP contribution in [0.25, 0.3) is 0 Å². The van der Waals surface area contributed by atoms with Crippen molar-refractivity contribution in [2.75, 3.05) is 12.3 Å². The van der Waals surface area contributed by atoms with E-state index in [4.69, 9.17) is 5.73 Å². The van der Waals surface area contributed by atoms with Crippen LogP contribution >= 0.6 is 0 Å². The van der Waals surface area contributed by atoms with Gasteiger partial charge in [0.15, 0.2) is 0 Å². The molecule has 86 valence electrons. The summed E-state index contributed by atoms with van der Waals surface area (Å²) in [5.74, 6) is 0.739. The summed E-state index contributed by atoms with van der Waals surface area (Å²) in [6.07, 6.45) is 0.682. The molecule has 1 unspecified atom stereocenters. The van der Waals surface area contributed by atoms with E-state index in [9.17, 15) is 4.79 Å². The summed E-state index contributed by atoms with van der Waals surface area (Å²) in [6, 6.07) is 5.89. The van der Waals surface area contributed by atoms with Crippen LogP contribution in [0, 0.1) is 12.8 Å². The molecule has 1 atom stereocenters. The summed E-state index contributed by atoms with van der Waals surface area (Å²) in [7, 11) is 0. The number of nitrogen functional groups attached to an aromatic ring is 1. The van der Waals surface area contributed by atoms with Crippen molar-refractivity contribution in [2.45, 2.75) is 26.8 Å². The summed E-state index contributed by atoms with van der Waals surface area (Å²) in [4.78, 5) is 13.6. The van der Waals surface area contributed by atoms with Gasteiger partial charge in [0.05, 0.1) is 0 Å². The first-order chi connectivity index (χ1) is 7.58. The molecule has 1 aromatic carbocycles. The normalized spacial score (nSPS) is 20.5. The average molecular weight is 218 g/mol. The van der Waals surface area contributed by atoms with Crippen molar-refractivity contribution in [3.8, 4) is 0 Å². The van der Waals surface area contributed by atoms with Crippen LogP contribution in [0.1, 0.15) is 24.5 Å². The Kier molecular flexibility index (Phi) is 2.86. The molecule has 0 spiro atoms. The molecular weight excluding hydrogens is 200 g/mol. The molecule has 1 saturated heterocycles. The van der Waals surface area contributed by atoms with E-state index in [1.165, 1.54) is 0 Å². The minimum atomic E-state index is 0.259. The first-order valence-electron chi connectivity index (χ1n) is 5.69.